The number of carbonyl (C=O) groups is 1. The highest BCUT2D eigenvalue weighted by Crippen LogP contribution is 2.24. The van der Waals surface area contributed by atoms with E-state index in [1.54, 1.807) is 0 Å². The van der Waals surface area contributed by atoms with Crippen molar-refractivity contribution in [3.05, 3.63) is 95.3 Å². The summed E-state index contributed by atoms with van der Waals surface area (Å²) < 4.78 is 42.6. The molecule has 0 radical (unpaired) electrons. The first-order chi connectivity index (χ1) is 19.5. The molecule has 0 saturated heterocycles. The Kier molecular flexibility index (Phi) is 9.38. The molecule has 0 fully saturated rings. The molecule has 41 heavy (non-hydrogen) atoms. The summed E-state index contributed by atoms with van der Waals surface area (Å²) in [6.07, 6.45) is -1.83. The molecule has 0 saturated carbocycles. The Labute approximate surface area is 241 Å². The molecular formula is C30H30F3N5O2S. The van der Waals surface area contributed by atoms with Gasteiger partial charge in [-0.2, -0.15) is 0 Å². The maximum Gasteiger partial charge on any atom is 0.573 e. The summed E-state index contributed by atoms with van der Waals surface area (Å²) in [6, 6.07) is 18.8. The number of thiocarbonyl (C=S) groups is 1. The number of rotatable bonds is 9. The number of nitrogens with one attached hydrogen (secondary N) is 2. The van der Waals surface area contributed by atoms with E-state index in [1.165, 1.54) is 35.3 Å². The van der Waals surface area contributed by atoms with E-state index >= 15 is 0 Å². The molecule has 2 N–H and O–H groups in total. The first-order valence-electron chi connectivity index (χ1n) is 13.1. The van der Waals surface area contributed by atoms with Crippen molar-refractivity contribution in [2.45, 2.75) is 45.9 Å². The van der Waals surface area contributed by atoms with E-state index in [0.717, 1.165) is 34.2 Å². The predicted octanol–water partition coefficient (Wildman–Crippen LogP) is 6.87. The number of nitrogens with zero attached hydrogens (tertiary/aromatic N) is 3. The largest absolute Gasteiger partial charge is 0.573 e. The summed E-state index contributed by atoms with van der Waals surface area (Å²) in [5.41, 5.74) is 5.49. The molecule has 1 heterocycles. The molecule has 0 aliphatic rings. The fraction of sp³-hybridized carbons (Fsp3) is 0.267. The third-order valence-corrected chi connectivity index (χ3v) is 6.56. The SMILES string of the molecule is Cc1ccc(C(=S)NC(=O)NCCCc2cccc(-c3ncn(-c4ccc(OC(F)(F)F)cc4)n3)c2)c(C(C)C)c1. The normalized spacial score (nSPS) is 11.4. The van der Waals surface area contributed by atoms with Crippen LogP contribution >= 0.6 is 12.2 Å². The highest BCUT2D eigenvalue weighted by molar-refractivity contribution is 7.80. The highest BCUT2D eigenvalue weighted by atomic mass is 32.1. The van der Waals surface area contributed by atoms with Crippen molar-refractivity contribution >= 4 is 23.2 Å². The molecular weight excluding hydrogens is 551 g/mol. The van der Waals surface area contributed by atoms with Gasteiger partial charge < -0.3 is 10.1 Å². The van der Waals surface area contributed by atoms with Crippen LogP contribution in [0.5, 0.6) is 5.75 Å². The van der Waals surface area contributed by atoms with Crippen LogP contribution in [0.2, 0.25) is 0 Å². The van der Waals surface area contributed by atoms with E-state index in [1.807, 2.05) is 43.3 Å². The Morgan fingerprint density at radius 2 is 1.83 bits per heavy atom. The number of amides is 2. The monoisotopic (exact) mass is 581 g/mol. The molecule has 7 nitrogen and oxygen atoms in total. The van der Waals surface area contributed by atoms with Gasteiger partial charge in [-0.1, -0.05) is 68.0 Å². The lowest BCUT2D eigenvalue weighted by molar-refractivity contribution is -0.274. The summed E-state index contributed by atoms with van der Waals surface area (Å²) >= 11 is 5.49. The van der Waals surface area contributed by atoms with Crippen molar-refractivity contribution in [2.24, 2.45) is 0 Å². The number of urea groups is 1. The Morgan fingerprint density at radius 3 is 2.54 bits per heavy atom. The zero-order valence-corrected chi connectivity index (χ0v) is 23.6. The summed E-state index contributed by atoms with van der Waals surface area (Å²) in [7, 11) is 0. The van der Waals surface area contributed by atoms with Crippen LogP contribution in [0.4, 0.5) is 18.0 Å². The molecule has 1 aromatic heterocycles. The fourth-order valence-corrected chi connectivity index (χ4v) is 4.54. The van der Waals surface area contributed by atoms with Gasteiger partial charge in [0.25, 0.3) is 0 Å². The lowest BCUT2D eigenvalue weighted by Gasteiger charge is -2.15. The quantitative estimate of drug-likeness (QED) is 0.167. The van der Waals surface area contributed by atoms with Gasteiger partial charge in [0.05, 0.1) is 5.69 Å². The van der Waals surface area contributed by atoms with Crippen molar-refractivity contribution in [1.82, 2.24) is 25.4 Å². The predicted molar refractivity (Wildman–Crippen MR) is 155 cm³/mol. The number of hydrogen-bond donors (Lipinski definition) is 2. The standard InChI is InChI=1S/C30H30F3N5O2S/c1-19(2)26-16-20(3)9-14-25(26)28(41)36-29(39)34-15-5-7-21-6-4-8-22(17-21)27-35-18-38(37-27)23-10-12-24(13-11-23)40-30(31,32)33/h4,6,8-14,16-19H,5,7,15H2,1-3H3,(H2,34,36,39,41). The van der Waals surface area contributed by atoms with Crippen LogP contribution < -0.4 is 15.4 Å². The van der Waals surface area contributed by atoms with E-state index in [9.17, 15) is 18.0 Å². The van der Waals surface area contributed by atoms with Crippen LogP contribution in [0.3, 0.4) is 0 Å². The van der Waals surface area contributed by atoms with Gasteiger partial charge >= 0.3 is 12.4 Å². The van der Waals surface area contributed by atoms with Crippen molar-refractivity contribution < 1.29 is 22.7 Å². The number of ether oxygens (including phenoxy) is 1. The Morgan fingerprint density at radius 1 is 1.07 bits per heavy atom. The number of carbonyl (C=O) groups excluding carboxylic acids is 1. The van der Waals surface area contributed by atoms with Gasteiger partial charge in [0.15, 0.2) is 5.82 Å². The van der Waals surface area contributed by atoms with E-state index in [4.69, 9.17) is 12.2 Å². The number of aromatic nitrogens is 3. The summed E-state index contributed by atoms with van der Waals surface area (Å²) in [5.74, 6) is 0.446. The van der Waals surface area contributed by atoms with Crippen LogP contribution in [0, 0.1) is 6.92 Å². The molecule has 3 aromatic carbocycles. The average molecular weight is 582 g/mol. The summed E-state index contributed by atoms with van der Waals surface area (Å²) in [5, 5.41) is 10.1. The van der Waals surface area contributed by atoms with Crippen LogP contribution in [0.1, 0.15) is 48.4 Å². The van der Waals surface area contributed by atoms with Gasteiger partial charge in [-0.15, -0.1) is 18.3 Å². The lowest BCUT2D eigenvalue weighted by atomic mass is 9.95. The zero-order chi connectivity index (χ0) is 29.6. The molecule has 11 heteroatoms. The minimum absolute atomic E-state index is 0.278. The van der Waals surface area contributed by atoms with Gasteiger partial charge in [-0.3, -0.25) is 5.32 Å². The molecule has 0 atom stereocenters. The minimum Gasteiger partial charge on any atom is -0.406 e. The lowest BCUT2D eigenvalue weighted by Crippen LogP contribution is -2.39. The second-order valence-corrected chi connectivity index (χ2v) is 10.2. The molecule has 4 rings (SSSR count). The van der Waals surface area contributed by atoms with Gasteiger partial charge in [-0.25, -0.2) is 14.5 Å². The molecule has 0 aliphatic heterocycles. The van der Waals surface area contributed by atoms with Crippen LogP contribution in [-0.4, -0.2) is 38.7 Å². The molecule has 4 aromatic rings. The summed E-state index contributed by atoms with van der Waals surface area (Å²) in [4.78, 5) is 17.2. The maximum atomic E-state index is 12.4. The van der Waals surface area contributed by atoms with Crippen molar-refractivity contribution in [1.29, 1.82) is 0 Å². The molecule has 2 amide bonds. The van der Waals surface area contributed by atoms with Crippen LogP contribution in [-0.2, 0) is 6.42 Å². The smallest absolute Gasteiger partial charge is 0.406 e. The topological polar surface area (TPSA) is 81.1 Å². The van der Waals surface area contributed by atoms with Gasteiger partial charge in [0.2, 0.25) is 0 Å². The Bertz CT molecular complexity index is 1520. The Balaban J connectivity index is 1.28. The first kappa shape index (κ1) is 29.7. The fourth-order valence-electron chi connectivity index (χ4n) is 4.26. The summed E-state index contributed by atoms with van der Waals surface area (Å²) in [6.45, 7) is 6.68. The number of alkyl halides is 3. The average Bonchev–Trinajstić information content (AvgIpc) is 3.41. The van der Waals surface area contributed by atoms with Crippen LogP contribution in [0.15, 0.2) is 73.1 Å². The van der Waals surface area contributed by atoms with Crippen molar-refractivity contribution in [3.63, 3.8) is 0 Å². The van der Waals surface area contributed by atoms with Gasteiger partial charge in [0.1, 0.15) is 17.1 Å². The van der Waals surface area contributed by atoms with Gasteiger partial charge in [0, 0.05) is 17.7 Å². The molecule has 0 unspecified atom stereocenters. The molecule has 0 aliphatic carbocycles. The second-order valence-electron chi connectivity index (χ2n) is 9.81. The number of hydrogen-bond acceptors (Lipinski definition) is 5. The zero-order valence-electron chi connectivity index (χ0n) is 22.8. The van der Waals surface area contributed by atoms with Crippen molar-refractivity contribution in [3.8, 4) is 22.8 Å². The van der Waals surface area contributed by atoms with E-state index in [2.05, 4.69) is 45.4 Å². The van der Waals surface area contributed by atoms with E-state index in [0.29, 0.717) is 29.5 Å². The van der Waals surface area contributed by atoms with E-state index in [-0.39, 0.29) is 17.7 Å². The van der Waals surface area contributed by atoms with Crippen molar-refractivity contribution in [2.75, 3.05) is 6.54 Å². The van der Waals surface area contributed by atoms with E-state index < -0.39 is 6.36 Å². The number of halogens is 3. The van der Waals surface area contributed by atoms with Crippen LogP contribution in [0.25, 0.3) is 17.1 Å². The molecule has 214 valence electrons. The first-order valence-corrected chi connectivity index (χ1v) is 13.5. The maximum absolute atomic E-state index is 12.4. The second kappa shape index (κ2) is 12.9. The minimum atomic E-state index is -4.75. The Hall–Kier alpha value is -4.25. The third kappa shape index (κ3) is 8.37. The molecule has 0 spiro atoms. The third-order valence-electron chi connectivity index (χ3n) is 6.24. The van der Waals surface area contributed by atoms with Gasteiger partial charge in [-0.05, 0) is 67.1 Å². The highest BCUT2D eigenvalue weighted by Gasteiger charge is 2.31. The number of aryl methyl sites for hydroxylation is 2. The molecule has 0 bridgehead atoms. The number of benzene rings is 3.